The molecule has 0 aromatic carbocycles. The third-order valence-corrected chi connectivity index (χ3v) is 1.80. The Bertz CT molecular complexity index is 279. The molecule has 0 unspecified atom stereocenters. The Balaban J connectivity index is 3.31. The fourth-order valence-electron chi connectivity index (χ4n) is 0.415. The second-order valence-corrected chi connectivity index (χ2v) is 2.67. The van der Waals surface area contributed by atoms with Crippen LogP contribution in [0.2, 0.25) is 5.15 Å². The van der Waals surface area contributed by atoms with Gasteiger partial charge in [0.2, 0.25) is 0 Å². The first kappa shape index (κ1) is 3.94. The van der Waals surface area contributed by atoms with Crippen molar-refractivity contribution >= 4 is 27.5 Å². The van der Waals surface area contributed by atoms with Gasteiger partial charge in [0.25, 0.3) is 0 Å². The summed E-state index contributed by atoms with van der Waals surface area (Å²) in [7, 11) is 0. The molecule has 0 atom stereocenters. The molecule has 0 fully saturated rings. The number of hydrogen-bond donors (Lipinski definition) is 0. The monoisotopic (exact) mass is 208 g/mol. The van der Waals surface area contributed by atoms with Crippen molar-refractivity contribution in [2.75, 3.05) is 0 Å². The lowest BCUT2D eigenvalue weighted by molar-refractivity contribution is 1.25. The molecule has 1 heterocycles. The van der Waals surface area contributed by atoms with Gasteiger partial charge in [-0.25, -0.2) is 4.98 Å². The van der Waals surface area contributed by atoms with Crippen LogP contribution in [0.4, 0.5) is 0 Å². The Labute approximate surface area is 71.4 Å². The van der Waals surface area contributed by atoms with E-state index in [1.54, 1.807) is 6.07 Å². The largest absolute Gasteiger partial charge is 0.244 e. The summed E-state index contributed by atoms with van der Waals surface area (Å²) in [4.78, 5) is 3.68. The molecule has 0 aliphatic carbocycles. The van der Waals surface area contributed by atoms with Gasteiger partial charge in [-0.15, -0.1) is 0 Å². The maximum atomic E-state index is 7.13. The molecule has 1 rings (SSSR count). The predicted molar refractivity (Wildman–Crippen MR) is 41.7 cm³/mol. The van der Waals surface area contributed by atoms with Crippen molar-refractivity contribution in [1.82, 2.24) is 4.98 Å². The van der Waals surface area contributed by atoms with Crippen molar-refractivity contribution in [1.29, 1.82) is 0 Å². The van der Waals surface area contributed by atoms with Crippen LogP contribution in [0.25, 0.3) is 0 Å². The van der Waals surface area contributed by atoms with Gasteiger partial charge >= 0.3 is 0 Å². The first-order valence-corrected chi connectivity index (χ1v) is 3.40. The lowest BCUT2D eigenvalue weighted by Crippen LogP contribution is -1.79. The molecular weight excluding hydrogens is 201 g/mol. The van der Waals surface area contributed by atoms with E-state index in [2.05, 4.69) is 20.9 Å². The smallest absolute Gasteiger partial charge is 0.133 e. The third kappa shape index (κ3) is 1.43. The number of pyridine rings is 1. The minimum absolute atomic E-state index is 0.0179. The van der Waals surface area contributed by atoms with E-state index in [9.17, 15) is 0 Å². The van der Waals surface area contributed by atoms with Gasteiger partial charge in [0.1, 0.15) is 5.15 Å². The average Bonchev–Trinajstić information content (AvgIpc) is 1.82. The SMILES string of the molecule is [2H]C([2H])([2H])c1c(Br)ccnc1Cl. The van der Waals surface area contributed by atoms with Crippen molar-refractivity contribution < 1.29 is 4.11 Å². The van der Waals surface area contributed by atoms with Gasteiger partial charge in [-0.05, 0) is 12.9 Å². The predicted octanol–water partition coefficient (Wildman–Crippen LogP) is 2.81. The zero-order valence-electron chi connectivity index (χ0n) is 7.36. The fourth-order valence-corrected chi connectivity index (χ4v) is 0.993. The van der Waals surface area contributed by atoms with Crippen LogP contribution in [0.3, 0.4) is 0 Å². The maximum Gasteiger partial charge on any atom is 0.133 e. The quantitative estimate of drug-likeness (QED) is 0.599. The van der Waals surface area contributed by atoms with Crippen LogP contribution in [0.15, 0.2) is 16.7 Å². The van der Waals surface area contributed by atoms with Crippen LogP contribution in [0.1, 0.15) is 9.68 Å². The molecule has 3 heteroatoms. The Morgan fingerprint density at radius 2 is 2.67 bits per heavy atom. The molecular formula is C6H5BrClN. The standard InChI is InChI=1S/C6H5BrClN/c1-4-5(7)2-3-9-6(4)8/h2-3H,1H3/i1D3. The van der Waals surface area contributed by atoms with Crippen LogP contribution in [-0.4, -0.2) is 4.98 Å². The molecule has 9 heavy (non-hydrogen) atoms. The summed E-state index contributed by atoms with van der Waals surface area (Å²) in [6.07, 6.45) is 1.45. The fraction of sp³-hybridized carbons (Fsp3) is 0.167. The summed E-state index contributed by atoms with van der Waals surface area (Å²) in [5.74, 6) is 0. The topological polar surface area (TPSA) is 12.9 Å². The normalized spacial score (nSPS) is 16.0. The Hall–Kier alpha value is -0.0800. The van der Waals surface area contributed by atoms with Crippen LogP contribution >= 0.6 is 27.5 Å². The second kappa shape index (κ2) is 2.67. The number of nitrogens with zero attached hydrogens (tertiary/aromatic N) is 1. The molecule has 0 saturated carbocycles. The lowest BCUT2D eigenvalue weighted by Gasteiger charge is -1.96. The van der Waals surface area contributed by atoms with Crippen molar-refractivity contribution in [3.63, 3.8) is 0 Å². The first-order chi connectivity index (χ1) is 5.43. The highest BCUT2D eigenvalue weighted by Crippen LogP contribution is 2.20. The average molecular weight is 209 g/mol. The first-order valence-electron chi connectivity index (χ1n) is 3.73. The van der Waals surface area contributed by atoms with E-state index in [1.807, 2.05) is 0 Å². The second-order valence-electron chi connectivity index (χ2n) is 1.46. The molecule has 0 radical (unpaired) electrons. The van der Waals surface area contributed by atoms with E-state index in [0.717, 1.165) is 0 Å². The summed E-state index contributed by atoms with van der Waals surface area (Å²) < 4.78 is 21.9. The number of halogens is 2. The number of hydrogen-bond acceptors (Lipinski definition) is 1. The Morgan fingerprint density at radius 1 is 1.89 bits per heavy atom. The molecule has 0 spiro atoms. The number of rotatable bonds is 0. The zero-order chi connectivity index (χ0) is 9.35. The number of aromatic nitrogens is 1. The Kier molecular flexibility index (Phi) is 1.17. The van der Waals surface area contributed by atoms with Gasteiger partial charge in [0.15, 0.2) is 0 Å². The molecule has 0 amide bonds. The highest BCUT2D eigenvalue weighted by molar-refractivity contribution is 9.10. The van der Waals surface area contributed by atoms with Gasteiger partial charge in [0.05, 0.1) is 0 Å². The minimum Gasteiger partial charge on any atom is -0.244 e. The third-order valence-electron chi connectivity index (χ3n) is 0.854. The van der Waals surface area contributed by atoms with Crippen LogP contribution < -0.4 is 0 Å². The molecule has 48 valence electrons. The molecule has 1 aromatic heterocycles. The van der Waals surface area contributed by atoms with Crippen LogP contribution in [0, 0.1) is 6.85 Å². The molecule has 0 bridgehead atoms. The summed E-state index contributed by atoms with van der Waals surface area (Å²) >= 11 is 8.71. The summed E-state index contributed by atoms with van der Waals surface area (Å²) in [5, 5.41) is 0.0179. The van der Waals surface area contributed by atoms with Gasteiger partial charge in [-0.3, -0.25) is 0 Å². The van der Waals surface area contributed by atoms with Gasteiger partial charge in [-0.1, -0.05) is 27.5 Å². The highest BCUT2D eigenvalue weighted by atomic mass is 79.9. The van der Waals surface area contributed by atoms with E-state index < -0.39 is 6.85 Å². The molecule has 1 nitrogen and oxygen atoms in total. The lowest BCUT2D eigenvalue weighted by atomic mass is 10.3. The van der Waals surface area contributed by atoms with Gasteiger partial charge < -0.3 is 0 Å². The molecule has 0 N–H and O–H groups in total. The van der Waals surface area contributed by atoms with Crippen molar-refractivity contribution in [3.8, 4) is 0 Å². The van der Waals surface area contributed by atoms with E-state index in [0.29, 0.717) is 4.47 Å². The van der Waals surface area contributed by atoms with E-state index in [-0.39, 0.29) is 10.7 Å². The summed E-state index contributed by atoms with van der Waals surface area (Å²) in [5.41, 5.74) is 0.0617. The van der Waals surface area contributed by atoms with E-state index >= 15 is 0 Å². The van der Waals surface area contributed by atoms with Crippen molar-refractivity contribution in [2.45, 2.75) is 6.85 Å². The van der Waals surface area contributed by atoms with Crippen LogP contribution in [-0.2, 0) is 0 Å². The van der Waals surface area contributed by atoms with Crippen molar-refractivity contribution in [3.05, 3.63) is 27.5 Å². The molecule has 0 aliphatic heterocycles. The zero-order valence-corrected chi connectivity index (χ0v) is 6.70. The Morgan fingerprint density at radius 3 is 3.11 bits per heavy atom. The maximum absolute atomic E-state index is 7.13. The van der Waals surface area contributed by atoms with Gasteiger partial charge in [0, 0.05) is 20.3 Å². The van der Waals surface area contributed by atoms with E-state index in [1.165, 1.54) is 6.20 Å². The van der Waals surface area contributed by atoms with Crippen LogP contribution in [0.5, 0.6) is 0 Å². The summed E-state index contributed by atoms with van der Waals surface area (Å²) in [6.45, 7) is -2.22. The molecule has 0 saturated heterocycles. The van der Waals surface area contributed by atoms with Crippen molar-refractivity contribution in [2.24, 2.45) is 0 Å². The summed E-state index contributed by atoms with van der Waals surface area (Å²) in [6, 6.07) is 1.55. The molecule has 0 aliphatic rings. The van der Waals surface area contributed by atoms with E-state index in [4.69, 9.17) is 15.7 Å². The molecule has 1 aromatic rings. The minimum atomic E-state index is -2.22. The highest BCUT2D eigenvalue weighted by Gasteiger charge is 1.97. The van der Waals surface area contributed by atoms with Gasteiger partial charge in [-0.2, -0.15) is 0 Å².